The number of furan rings is 1. The van der Waals surface area contributed by atoms with Crippen LogP contribution in [0.4, 0.5) is 0 Å². The van der Waals surface area contributed by atoms with Gasteiger partial charge in [0.1, 0.15) is 11.3 Å². The predicted molar refractivity (Wildman–Crippen MR) is 101 cm³/mol. The molecule has 1 heterocycles. The highest BCUT2D eigenvalue weighted by atomic mass is 16.3. The van der Waals surface area contributed by atoms with Crippen molar-refractivity contribution in [3.05, 3.63) is 59.4 Å². The number of allylic oxidation sites excluding steroid dienone is 4. The number of hydrogen-bond acceptors (Lipinski definition) is 1. The zero-order valence-corrected chi connectivity index (χ0v) is 15.4. The molecule has 1 aromatic heterocycles. The molecule has 1 unspecified atom stereocenters. The predicted octanol–water partition coefficient (Wildman–Crippen LogP) is 7.03. The van der Waals surface area contributed by atoms with Crippen molar-refractivity contribution in [3.8, 4) is 0 Å². The Hall–Kier alpha value is -1.76. The third-order valence-corrected chi connectivity index (χ3v) is 4.62. The van der Waals surface area contributed by atoms with Crippen LogP contribution in [0.1, 0.15) is 58.3 Å². The second-order valence-corrected chi connectivity index (χ2v) is 6.86. The van der Waals surface area contributed by atoms with E-state index in [0.717, 1.165) is 17.8 Å². The molecule has 0 N–H and O–H groups in total. The van der Waals surface area contributed by atoms with Gasteiger partial charge in [0, 0.05) is 11.3 Å². The highest BCUT2D eigenvalue weighted by Crippen LogP contribution is 2.40. The lowest BCUT2D eigenvalue weighted by atomic mass is 9.80. The van der Waals surface area contributed by atoms with E-state index >= 15 is 0 Å². The molecule has 2 rings (SSSR count). The highest BCUT2D eigenvalue weighted by Gasteiger charge is 2.27. The lowest BCUT2D eigenvalue weighted by molar-refractivity contribution is 0.415. The van der Waals surface area contributed by atoms with Crippen LogP contribution in [0.5, 0.6) is 0 Å². The Morgan fingerprint density at radius 2 is 1.87 bits per heavy atom. The zero-order chi connectivity index (χ0) is 17.0. The quantitative estimate of drug-likeness (QED) is 0.522. The first kappa shape index (κ1) is 17.6. The lowest BCUT2D eigenvalue weighted by Gasteiger charge is -2.24. The molecular formula is C22H30O. The van der Waals surface area contributed by atoms with Gasteiger partial charge in [0.25, 0.3) is 0 Å². The van der Waals surface area contributed by atoms with Crippen molar-refractivity contribution in [3.63, 3.8) is 0 Å². The number of rotatable bonds is 6. The van der Waals surface area contributed by atoms with E-state index in [1.54, 1.807) is 0 Å². The van der Waals surface area contributed by atoms with Crippen molar-refractivity contribution < 1.29 is 4.42 Å². The smallest absolute Gasteiger partial charge is 0.134 e. The minimum atomic E-state index is 0.311. The average molecular weight is 310 g/mol. The van der Waals surface area contributed by atoms with Gasteiger partial charge in [-0.15, -0.1) is 0 Å². The van der Waals surface area contributed by atoms with E-state index in [1.807, 2.05) is 6.07 Å². The van der Waals surface area contributed by atoms with Gasteiger partial charge in [-0.1, -0.05) is 70.5 Å². The minimum absolute atomic E-state index is 0.311. The molecular weight excluding hydrogens is 280 g/mol. The molecule has 2 aromatic rings. The summed E-state index contributed by atoms with van der Waals surface area (Å²) in [5, 5.41) is 1.24. The SMILES string of the molecule is C/C=C\C(=C/C(C)C)C(c1oc2ccccc2c1C)[C@H](C)CC. The van der Waals surface area contributed by atoms with Crippen molar-refractivity contribution in [1.29, 1.82) is 0 Å². The molecule has 0 aliphatic rings. The summed E-state index contributed by atoms with van der Waals surface area (Å²) in [5.41, 5.74) is 3.65. The normalized spacial score (nSPS) is 15.7. The lowest BCUT2D eigenvalue weighted by Crippen LogP contribution is -2.12. The highest BCUT2D eigenvalue weighted by molar-refractivity contribution is 5.82. The standard InChI is InChI=1S/C22H30O/c1-7-11-18(14-15(3)4)21(16(5)8-2)22-17(6)19-12-9-10-13-20(19)23-22/h7,9-16,21H,8H2,1-6H3/b11-7-,18-14+/t16-,21?/m1/s1. The minimum Gasteiger partial charge on any atom is -0.460 e. The van der Waals surface area contributed by atoms with E-state index in [0.29, 0.717) is 17.8 Å². The van der Waals surface area contributed by atoms with Crippen LogP contribution in [-0.2, 0) is 0 Å². The third kappa shape index (κ3) is 3.77. The molecule has 0 radical (unpaired) electrons. The number of aryl methyl sites for hydroxylation is 1. The van der Waals surface area contributed by atoms with Gasteiger partial charge in [0.05, 0.1) is 0 Å². The fraction of sp³-hybridized carbons (Fsp3) is 0.455. The van der Waals surface area contributed by atoms with E-state index in [1.165, 1.54) is 16.5 Å². The zero-order valence-electron chi connectivity index (χ0n) is 15.4. The van der Waals surface area contributed by atoms with Gasteiger partial charge >= 0.3 is 0 Å². The molecule has 1 heteroatoms. The van der Waals surface area contributed by atoms with Crippen molar-refractivity contribution in [1.82, 2.24) is 0 Å². The molecule has 124 valence electrons. The Bertz CT molecular complexity index is 700. The van der Waals surface area contributed by atoms with Crippen LogP contribution in [-0.4, -0.2) is 0 Å². The monoisotopic (exact) mass is 310 g/mol. The van der Waals surface area contributed by atoms with Crippen LogP contribution in [0.3, 0.4) is 0 Å². The topological polar surface area (TPSA) is 13.1 Å². The summed E-state index contributed by atoms with van der Waals surface area (Å²) in [6.07, 6.45) is 7.91. The summed E-state index contributed by atoms with van der Waals surface area (Å²) in [4.78, 5) is 0. The Labute approximate surface area is 141 Å². The summed E-state index contributed by atoms with van der Waals surface area (Å²) in [6, 6.07) is 8.36. The van der Waals surface area contributed by atoms with Crippen molar-refractivity contribution in [2.45, 2.75) is 53.9 Å². The van der Waals surface area contributed by atoms with Crippen LogP contribution < -0.4 is 0 Å². The molecule has 2 atom stereocenters. The van der Waals surface area contributed by atoms with E-state index in [2.05, 4.69) is 78.0 Å². The number of hydrogen-bond donors (Lipinski definition) is 0. The first-order chi connectivity index (χ1) is 11.0. The number of fused-ring (bicyclic) bond motifs is 1. The van der Waals surface area contributed by atoms with Gasteiger partial charge in [-0.25, -0.2) is 0 Å². The molecule has 0 saturated heterocycles. The third-order valence-electron chi connectivity index (χ3n) is 4.62. The fourth-order valence-corrected chi connectivity index (χ4v) is 3.30. The molecule has 23 heavy (non-hydrogen) atoms. The van der Waals surface area contributed by atoms with E-state index in [4.69, 9.17) is 4.42 Å². The van der Waals surface area contributed by atoms with Crippen LogP contribution in [0.25, 0.3) is 11.0 Å². The summed E-state index contributed by atoms with van der Waals surface area (Å²) < 4.78 is 6.32. The molecule has 1 nitrogen and oxygen atoms in total. The van der Waals surface area contributed by atoms with E-state index in [9.17, 15) is 0 Å². The van der Waals surface area contributed by atoms with E-state index in [-0.39, 0.29) is 0 Å². The molecule has 0 aliphatic heterocycles. The molecule has 0 spiro atoms. The molecule has 1 aromatic carbocycles. The van der Waals surface area contributed by atoms with Crippen molar-refractivity contribution in [2.75, 3.05) is 0 Å². The average Bonchev–Trinajstić information content (AvgIpc) is 2.84. The molecule has 0 aliphatic carbocycles. The maximum Gasteiger partial charge on any atom is 0.134 e. The number of benzene rings is 1. The fourth-order valence-electron chi connectivity index (χ4n) is 3.30. The van der Waals surface area contributed by atoms with Crippen LogP contribution in [0.15, 0.2) is 52.5 Å². The van der Waals surface area contributed by atoms with Gasteiger partial charge in [-0.05, 0) is 42.9 Å². The van der Waals surface area contributed by atoms with Crippen LogP contribution in [0.2, 0.25) is 0 Å². The Kier molecular flexibility index (Phi) is 5.87. The van der Waals surface area contributed by atoms with Crippen molar-refractivity contribution in [2.24, 2.45) is 11.8 Å². The summed E-state index contributed by atoms with van der Waals surface area (Å²) in [6.45, 7) is 13.4. The van der Waals surface area contributed by atoms with E-state index < -0.39 is 0 Å². The first-order valence-electron chi connectivity index (χ1n) is 8.82. The van der Waals surface area contributed by atoms with Gasteiger partial charge in [-0.2, -0.15) is 0 Å². The summed E-state index contributed by atoms with van der Waals surface area (Å²) in [5.74, 6) is 2.50. The molecule has 0 bridgehead atoms. The molecule has 0 amide bonds. The van der Waals surface area contributed by atoms with Crippen molar-refractivity contribution >= 4 is 11.0 Å². The summed E-state index contributed by atoms with van der Waals surface area (Å²) in [7, 11) is 0. The second-order valence-electron chi connectivity index (χ2n) is 6.86. The largest absolute Gasteiger partial charge is 0.460 e. The van der Waals surface area contributed by atoms with Gasteiger partial charge in [-0.3, -0.25) is 0 Å². The summed E-state index contributed by atoms with van der Waals surface area (Å²) >= 11 is 0. The molecule has 0 saturated carbocycles. The second kappa shape index (κ2) is 7.68. The number of para-hydroxylation sites is 1. The Morgan fingerprint density at radius 1 is 1.17 bits per heavy atom. The maximum absolute atomic E-state index is 6.32. The maximum atomic E-state index is 6.32. The molecule has 0 fully saturated rings. The van der Waals surface area contributed by atoms with Gasteiger partial charge in [0.2, 0.25) is 0 Å². The van der Waals surface area contributed by atoms with Gasteiger partial charge < -0.3 is 4.42 Å². The van der Waals surface area contributed by atoms with Crippen LogP contribution in [0, 0.1) is 18.8 Å². The van der Waals surface area contributed by atoms with Gasteiger partial charge in [0.15, 0.2) is 0 Å². The Balaban J connectivity index is 2.63. The first-order valence-corrected chi connectivity index (χ1v) is 8.82. The Morgan fingerprint density at radius 3 is 2.43 bits per heavy atom. The van der Waals surface area contributed by atoms with Crippen LogP contribution >= 0.6 is 0 Å².